The Morgan fingerprint density at radius 3 is 2.88 bits per heavy atom. The summed E-state index contributed by atoms with van der Waals surface area (Å²) in [5, 5.41) is 4.48. The quantitative estimate of drug-likeness (QED) is 0.764. The van der Waals surface area contributed by atoms with Gasteiger partial charge in [0.1, 0.15) is 11.8 Å². The highest BCUT2D eigenvalue weighted by molar-refractivity contribution is 6.29. The summed E-state index contributed by atoms with van der Waals surface area (Å²) >= 11 is 5.91. The van der Waals surface area contributed by atoms with Gasteiger partial charge in [0, 0.05) is 32.0 Å². The molecule has 6 heteroatoms. The lowest BCUT2D eigenvalue weighted by Gasteiger charge is -2.02. The Balaban J connectivity index is 2.40. The van der Waals surface area contributed by atoms with Gasteiger partial charge in [0.2, 0.25) is 0 Å². The molecule has 2 heterocycles. The maximum atomic E-state index is 5.91. The van der Waals surface area contributed by atoms with Crippen LogP contribution in [0.4, 0.5) is 0 Å². The van der Waals surface area contributed by atoms with E-state index in [0.717, 1.165) is 11.3 Å². The topological polar surface area (TPSA) is 52.8 Å². The van der Waals surface area contributed by atoms with Crippen molar-refractivity contribution in [1.82, 2.24) is 19.7 Å². The van der Waals surface area contributed by atoms with Crippen molar-refractivity contribution in [3.63, 3.8) is 0 Å². The van der Waals surface area contributed by atoms with Crippen LogP contribution in [0.15, 0.2) is 18.5 Å². The van der Waals surface area contributed by atoms with Crippen molar-refractivity contribution in [2.24, 2.45) is 7.05 Å². The molecule has 0 radical (unpaired) electrons. The molecule has 0 aliphatic heterocycles. The number of nitrogens with zero attached hydrogens (tertiary/aromatic N) is 4. The summed E-state index contributed by atoms with van der Waals surface area (Å²) in [6, 6.07) is 1.71. The van der Waals surface area contributed by atoms with E-state index < -0.39 is 0 Å². The van der Waals surface area contributed by atoms with Gasteiger partial charge in [0.05, 0.1) is 11.9 Å². The molecule has 5 nitrogen and oxygen atoms in total. The summed E-state index contributed by atoms with van der Waals surface area (Å²) in [6.07, 6.45) is 3.60. The fraction of sp³-hybridized carbons (Fsp3) is 0.300. The lowest BCUT2D eigenvalue weighted by atomic mass is 10.2. The van der Waals surface area contributed by atoms with Gasteiger partial charge in [-0.3, -0.25) is 4.68 Å². The third-order valence-electron chi connectivity index (χ3n) is 2.02. The predicted molar refractivity (Wildman–Crippen MR) is 60.0 cm³/mol. The van der Waals surface area contributed by atoms with Crippen molar-refractivity contribution in [3.05, 3.63) is 29.4 Å². The van der Waals surface area contributed by atoms with E-state index >= 15 is 0 Å². The summed E-state index contributed by atoms with van der Waals surface area (Å²) < 4.78 is 6.68. The van der Waals surface area contributed by atoms with Gasteiger partial charge in [-0.05, 0) is 0 Å². The fourth-order valence-corrected chi connectivity index (χ4v) is 1.56. The lowest BCUT2D eigenvalue weighted by molar-refractivity contribution is 0.178. The molecule has 84 valence electrons. The Hall–Kier alpha value is -1.46. The number of hydrogen-bond donors (Lipinski definition) is 0. The largest absolute Gasteiger partial charge is 0.377 e. The van der Waals surface area contributed by atoms with Crippen molar-refractivity contribution in [2.75, 3.05) is 7.11 Å². The van der Waals surface area contributed by atoms with Crippen LogP contribution in [0.3, 0.4) is 0 Å². The molecule has 2 rings (SSSR count). The van der Waals surface area contributed by atoms with Gasteiger partial charge in [-0.15, -0.1) is 0 Å². The maximum Gasteiger partial charge on any atom is 0.156 e. The van der Waals surface area contributed by atoms with E-state index in [2.05, 4.69) is 15.1 Å². The van der Waals surface area contributed by atoms with Gasteiger partial charge in [-0.2, -0.15) is 5.10 Å². The summed E-state index contributed by atoms with van der Waals surface area (Å²) in [5.41, 5.74) is 1.66. The third-order valence-corrected chi connectivity index (χ3v) is 2.21. The molecule has 2 aromatic heterocycles. The Labute approximate surface area is 98.0 Å². The average Bonchev–Trinajstić information content (AvgIpc) is 2.64. The van der Waals surface area contributed by atoms with E-state index in [-0.39, 0.29) is 0 Å². The zero-order valence-corrected chi connectivity index (χ0v) is 9.77. The molecular weight excluding hydrogens is 228 g/mol. The molecule has 0 spiro atoms. The minimum Gasteiger partial charge on any atom is -0.377 e. The van der Waals surface area contributed by atoms with Gasteiger partial charge in [-0.25, -0.2) is 9.97 Å². The smallest absolute Gasteiger partial charge is 0.156 e. The van der Waals surface area contributed by atoms with Gasteiger partial charge in [0.25, 0.3) is 0 Å². The molecule has 0 atom stereocenters. The normalized spacial score (nSPS) is 10.7. The highest BCUT2D eigenvalue weighted by Crippen LogP contribution is 2.19. The van der Waals surface area contributed by atoms with Crippen molar-refractivity contribution in [1.29, 1.82) is 0 Å². The fourth-order valence-electron chi connectivity index (χ4n) is 1.36. The molecule has 0 aliphatic rings. The van der Waals surface area contributed by atoms with Crippen LogP contribution in [-0.4, -0.2) is 26.9 Å². The van der Waals surface area contributed by atoms with Gasteiger partial charge in [0.15, 0.2) is 5.82 Å². The third kappa shape index (κ3) is 2.37. The first-order valence-electron chi connectivity index (χ1n) is 4.70. The Kier molecular flexibility index (Phi) is 3.17. The number of aromatic nitrogens is 4. The molecule has 0 saturated carbocycles. The highest BCUT2D eigenvalue weighted by Gasteiger charge is 2.06. The standard InChI is InChI=1S/C10H11ClN4O/c1-15-5-7(4-12-15)8-3-9(11)14-10(13-8)6-16-2/h3-5H,6H2,1-2H3. The monoisotopic (exact) mass is 238 g/mol. The van der Waals surface area contributed by atoms with E-state index in [9.17, 15) is 0 Å². The second-order valence-electron chi connectivity index (χ2n) is 3.33. The first kappa shape index (κ1) is 11.0. The van der Waals surface area contributed by atoms with Gasteiger partial charge >= 0.3 is 0 Å². The van der Waals surface area contributed by atoms with E-state index in [0.29, 0.717) is 17.6 Å². The molecule has 0 aromatic carbocycles. The number of ether oxygens (including phenoxy) is 1. The zero-order chi connectivity index (χ0) is 11.5. The van der Waals surface area contributed by atoms with Crippen LogP contribution in [-0.2, 0) is 18.4 Å². The molecule has 0 saturated heterocycles. The maximum absolute atomic E-state index is 5.91. The van der Waals surface area contributed by atoms with Crippen molar-refractivity contribution in [3.8, 4) is 11.3 Å². The zero-order valence-electron chi connectivity index (χ0n) is 9.01. The van der Waals surface area contributed by atoms with Crippen molar-refractivity contribution >= 4 is 11.6 Å². The molecule has 0 amide bonds. The number of rotatable bonds is 3. The summed E-state index contributed by atoms with van der Waals surface area (Å²) in [5.74, 6) is 0.564. The van der Waals surface area contributed by atoms with Crippen molar-refractivity contribution in [2.45, 2.75) is 6.61 Å². The molecule has 2 aromatic rings. The Morgan fingerprint density at radius 2 is 2.25 bits per heavy atom. The van der Waals surface area contributed by atoms with Gasteiger partial charge in [-0.1, -0.05) is 11.6 Å². The molecular formula is C10H11ClN4O. The molecule has 0 bridgehead atoms. The predicted octanol–water partition coefficient (Wildman–Crippen LogP) is 1.68. The number of halogens is 1. The lowest BCUT2D eigenvalue weighted by Crippen LogP contribution is -1.98. The van der Waals surface area contributed by atoms with Crippen molar-refractivity contribution < 1.29 is 4.74 Å². The molecule has 16 heavy (non-hydrogen) atoms. The van der Waals surface area contributed by atoms with Crippen LogP contribution < -0.4 is 0 Å². The SMILES string of the molecule is COCc1nc(Cl)cc(-c2cnn(C)c2)n1. The molecule has 0 unspecified atom stereocenters. The second-order valence-corrected chi connectivity index (χ2v) is 3.72. The number of hydrogen-bond acceptors (Lipinski definition) is 4. The van der Waals surface area contributed by atoms with Gasteiger partial charge < -0.3 is 4.74 Å². The molecule has 0 N–H and O–H groups in total. The molecule has 0 fully saturated rings. The average molecular weight is 239 g/mol. The second kappa shape index (κ2) is 4.59. The molecule has 0 aliphatic carbocycles. The van der Waals surface area contributed by atoms with E-state index in [1.165, 1.54) is 0 Å². The summed E-state index contributed by atoms with van der Waals surface area (Å²) in [7, 11) is 3.44. The first-order chi connectivity index (χ1) is 7.69. The minimum absolute atomic E-state index is 0.341. The van der Waals surface area contributed by atoms with Crippen LogP contribution in [0, 0.1) is 0 Å². The summed E-state index contributed by atoms with van der Waals surface area (Å²) in [4.78, 5) is 8.39. The summed E-state index contributed by atoms with van der Waals surface area (Å²) in [6.45, 7) is 0.341. The van der Waals surface area contributed by atoms with E-state index in [1.54, 1.807) is 24.1 Å². The number of methoxy groups -OCH3 is 1. The highest BCUT2D eigenvalue weighted by atomic mass is 35.5. The van der Waals surface area contributed by atoms with E-state index in [1.807, 2.05) is 13.2 Å². The first-order valence-corrected chi connectivity index (χ1v) is 5.08. The van der Waals surface area contributed by atoms with Crippen LogP contribution >= 0.6 is 11.6 Å². The van der Waals surface area contributed by atoms with Crippen LogP contribution in [0.2, 0.25) is 5.15 Å². The Bertz CT molecular complexity index is 497. The van der Waals surface area contributed by atoms with E-state index in [4.69, 9.17) is 16.3 Å². The van der Waals surface area contributed by atoms with Crippen LogP contribution in [0.1, 0.15) is 5.82 Å². The van der Waals surface area contributed by atoms with Crippen LogP contribution in [0.5, 0.6) is 0 Å². The number of aryl methyl sites for hydroxylation is 1. The minimum atomic E-state index is 0.341. The van der Waals surface area contributed by atoms with Crippen LogP contribution in [0.25, 0.3) is 11.3 Å². The Morgan fingerprint density at radius 1 is 1.44 bits per heavy atom.